The van der Waals surface area contributed by atoms with Crippen LogP contribution in [0.2, 0.25) is 0 Å². The molecule has 5 nitrogen and oxygen atoms in total. The molecular formula is C14H17BrN2O3. The SMILES string of the molecule is Cc1ccc([N+](=O)[O-])cc1C(=O)NCC1(CCBr)CC1. The van der Waals surface area contributed by atoms with Crippen LogP contribution in [0.25, 0.3) is 0 Å². The molecule has 6 heteroatoms. The lowest BCUT2D eigenvalue weighted by atomic mass is 10.0. The number of hydrogen-bond donors (Lipinski definition) is 1. The molecule has 1 saturated carbocycles. The summed E-state index contributed by atoms with van der Waals surface area (Å²) in [6.07, 6.45) is 3.31. The highest BCUT2D eigenvalue weighted by Crippen LogP contribution is 2.48. The number of alkyl halides is 1. The molecule has 1 amide bonds. The number of carbonyl (C=O) groups is 1. The predicted octanol–water partition coefficient (Wildman–Crippen LogP) is 3.20. The minimum absolute atomic E-state index is 0.0534. The highest BCUT2D eigenvalue weighted by atomic mass is 79.9. The van der Waals surface area contributed by atoms with Gasteiger partial charge in [0.05, 0.1) is 4.92 Å². The van der Waals surface area contributed by atoms with Gasteiger partial charge in [-0.1, -0.05) is 22.0 Å². The second-order valence-corrected chi connectivity index (χ2v) is 6.17. The molecule has 1 aliphatic carbocycles. The number of aryl methyl sites for hydroxylation is 1. The van der Waals surface area contributed by atoms with E-state index in [2.05, 4.69) is 21.2 Å². The minimum atomic E-state index is -0.483. The fourth-order valence-electron chi connectivity index (χ4n) is 2.22. The summed E-state index contributed by atoms with van der Waals surface area (Å²) >= 11 is 3.43. The quantitative estimate of drug-likeness (QED) is 0.491. The van der Waals surface area contributed by atoms with Crippen LogP contribution >= 0.6 is 15.9 Å². The summed E-state index contributed by atoms with van der Waals surface area (Å²) in [7, 11) is 0. The number of hydrogen-bond acceptors (Lipinski definition) is 3. The standard InChI is InChI=1S/C14H17BrN2O3/c1-10-2-3-11(17(19)20)8-12(10)13(18)16-9-14(4-5-14)6-7-15/h2-3,8H,4-7,9H2,1H3,(H,16,18). The molecule has 1 aliphatic rings. The van der Waals surface area contributed by atoms with E-state index in [0.717, 1.165) is 30.2 Å². The van der Waals surface area contributed by atoms with Gasteiger partial charge in [0.25, 0.3) is 11.6 Å². The first-order chi connectivity index (χ1) is 9.47. The fourth-order valence-corrected chi connectivity index (χ4v) is 3.06. The summed E-state index contributed by atoms with van der Waals surface area (Å²) in [4.78, 5) is 22.5. The van der Waals surface area contributed by atoms with Crippen molar-refractivity contribution in [3.63, 3.8) is 0 Å². The molecule has 1 fully saturated rings. The predicted molar refractivity (Wildman–Crippen MR) is 80.2 cm³/mol. The average molecular weight is 341 g/mol. The van der Waals surface area contributed by atoms with Gasteiger partial charge in [0.2, 0.25) is 0 Å². The lowest BCUT2D eigenvalue weighted by molar-refractivity contribution is -0.384. The molecule has 1 N–H and O–H groups in total. The Morgan fingerprint density at radius 2 is 2.20 bits per heavy atom. The molecule has 0 aromatic heterocycles. The zero-order chi connectivity index (χ0) is 14.8. The Labute approximate surface area is 126 Å². The molecule has 0 atom stereocenters. The molecule has 0 bridgehead atoms. The summed E-state index contributed by atoms with van der Waals surface area (Å²) in [6.45, 7) is 2.42. The van der Waals surface area contributed by atoms with Crippen LogP contribution in [0.4, 0.5) is 5.69 Å². The van der Waals surface area contributed by atoms with Crippen molar-refractivity contribution in [1.82, 2.24) is 5.32 Å². The van der Waals surface area contributed by atoms with Crippen LogP contribution in [0.3, 0.4) is 0 Å². The van der Waals surface area contributed by atoms with E-state index in [4.69, 9.17) is 0 Å². The van der Waals surface area contributed by atoms with E-state index >= 15 is 0 Å². The molecule has 2 rings (SSSR count). The number of carbonyl (C=O) groups excluding carboxylic acids is 1. The first-order valence-corrected chi connectivity index (χ1v) is 7.69. The van der Waals surface area contributed by atoms with E-state index in [1.807, 2.05) is 0 Å². The lowest BCUT2D eigenvalue weighted by Gasteiger charge is -2.15. The van der Waals surface area contributed by atoms with Crippen molar-refractivity contribution in [2.75, 3.05) is 11.9 Å². The molecular weight excluding hydrogens is 324 g/mol. The monoisotopic (exact) mass is 340 g/mol. The van der Waals surface area contributed by atoms with Gasteiger partial charge in [0.15, 0.2) is 0 Å². The molecule has 108 valence electrons. The Morgan fingerprint density at radius 1 is 1.50 bits per heavy atom. The van der Waals surface area contributed by atoms with Crippen molar-refractivity contribution in [2.24, 2.45) is 5.41 Å². The Bertz CT molecular complexity index is 541. The maximum atomic E-state index is 12.2. The number of nitro groups is 1. The molecule has 0 unspecified atom stereocenters. The summed E-state index contributed by atoms with van der Waals surface area (Å²) in [6, 6.07) is 4.37. The maximum Gasteiger partial charge on any atom is 0.270 e. The van der Waals surface area contributed by atoms with Crippen molar-refractivity contribution in [1.29, 1.82) is 0 Å². The second kappa shape index (κ2) is 5.91. The van der Waals surface area contributed by atoms with Crippen molar-refractivity contribution < 1.29 is 9.72 Å². The largest absolute Gasteiger partial charge is 0.351 e. The fraction of sp³-hybridized carbons (Fsp3) is 0.500. The Morgan fingerprint density at radius 3 is 2.75 bits per heavy atom. The van der Waals surface area contributed by atoms with Crippen LogP contribution in [0.5, 0.6) is 0 Å². The third-order valence-corrected chi connectivity index (χ3v) is 4.28. The lowest BCUT2D eigenvalue weighted by Crippen LogP contribution is -2.31. The van der Waals surface area contributed by atoms with Crippen LogP contribution < -0.4 is 5.32 Å². The number of non-ortho nitro benzene ring substituents is 1. The Balaban J connectivity index is 2.05. The van der Waals surface area contributed by atoms with Crippen molar-refractivity contribution in [3.05, 3.63) is 39.4 Å². The van der Waals surface area contributed by atoms with Crippen LogP contribution in [0, 0.1) is 22.5 Å². The minimum Gasteiger partial charge on any atom is -0.351 e. The van der Waals surface area contributed by atoms with Gasteiger partial charge in [-0.3, -0.25) is 14.9 Å². The first-order valence-electron chi connectivity index (χ1n) is 6.57. The van der Waals surface area contributed by atoms with Gasteiger partial charge >= 0.3 is 0 Å². The first kappa shape index (κ1) is 15.0. The molecule has 0 spiro atoms. The van der Waals surface area contributed by atoms with Gasteiger partial charge < -0.3 is 5.32 Å². The molecule has 20 heavy (non-hydrogen) atoms. The van der Waals surface area contributed by atoms with Gasteiger partial charge in [0.1, 0.15) is 0 Å². The number of benzene rings is 1. The maximum absolute atomic E-state index is 12.2. The summed E-state index contributed by atoms with van der Waals surface area (Å²) in [5.74, 6) is -0.230. The molecule has 0 saturated heterocycles. The molecule has 0 radical (unpaired) electrons. The zero-order valence-corrected chi connectivity index (χ0v) is 12.9. The average Bonchev–Trinajstić information content (AvgIpc) is 3.17. The molecule has 0 aliphatic heterocycles. The van der Waals surface area contributed by atoms with Crippen molar-refractivity contribution >= 4 is 27.5 Å². The second-order valence-electron chi connectivity index (χ2n) is 5.38. The highest BCUT2D eigenvalue weighted by Gasteiger charge is 2.41. The van der Waals surface area contributed by atoms with E-state index in [1.54, 1.807) is 13.0 Å². The summed E-state index contributed by atoms with van der Waals surface area (Å²) in [5.41, 5.74) is 1.31. The number of nitrogens with one attached hydrogen (secondary N) is 1. The topological polar surface area (TPSA) is 72.2 Å². The number of rotatable bonds is 6. The van der Waals surface area contributed by atoms with Gasteiger partial charge in [-0.2, -0.15) is 0 Å². The third-order valence-electron chi connectivity index (χ3n) is 3.88. The Kier molecular flexibility index (Phi) is 4.42. The van der Waals surface area contributed by atoms with E-state index < -0.39 is 4.92 Å². The van der Waals surface area contributed by atoms with Crippen LogP contribution in [0.15, 0.2) is 18.2 Å². The number of nitrogens with zero attached hydrogens (tertiary/aromatic N) is 1. The van der Waals surface area contributed by atoms with Gasteiger partial charge in [-0.15, -0.1) is 0 Å². The highest BCUT2D eigenvalue weighted by molar-refractivity contribution is 9.09. The molecule has 1 aromatic rings. The zero-order valence-electron chi connectivity index (χ0n) is 11.3. The number of halogens is 1. The van der Waals surface area contributed by atoms with Crippen LogP contribution in [0.1, 0.15) is 35.2 Å². The van der Waals surface area contributed by atoms with Crippen LogP contribution in [-0.4, -0.2) is 22.7 Å². The van der Waals surface area contributed by atoms with Crippen molar-refractivity contribution in [3.8, 4) is 0 Å². The number of amides is 1. The smallest absolute Gasteiger partial charge is 0.270 e. The van der Waals surface area contributed by atoms with Crippen LogP contribution in [-0.2, 0) is 0 Å². The van der Waals surface area contributed by atoms with E-state index in [-0.39, 0.29) is 17.0 Å². The van der Waals surface area contributed by atoms with E-state index in [1.165, 1.54) is 12.1 Å². The van der Waals surface area contributed by atoms with Gasteiger partial charge in [0, 0.05) is 29.6 Å². The van der Waals surface area contributed by atoms with Crippen molar-refractivity contribution in [2.45, 2.75) is 26.2 Å². The molecule has 0 heterocycles. The van der Waals surface area contributed by atoms with Gasteiger partial charge in [-0.05, 0) is 37.2 Å². The number of nitro benzene ring substituents is 1. The summed E-state index contributed by atoms with van der Waals surface area (Å²) < 4.78 is 0. The van der Waals surface area contributed by atoms with E-state index in [9.17, 15) is 14.9 Å². The summed E-state index contributed by atoms with van der Waals surface area (Å²) in [5, 5.41) is 14.6. The third kappa shape index (κ3) is 3.36. The Hall–Kier alpha value is -1.43. The normalized spacial score (nSPS) is 15.7. The van der Waals surface area contributed by atoms with Gasteiger partial charge in [-0.25, -0.2) is 0 Å². The molecule has 1 aromatic carbocycles. The van der Waals surface area contributed by atoms with E-state index in [0.29, 0.717) is 12.1 Å².